The van der Waals surface area contributed by atoms with Crippen molar-refractivity contribution in [1.82, 2.24) is 9.78 Å². The van der Waals surface area contributed by atoms with Crippen LogP contribution < -0.4 is 5.56 Å². The maximum Gasteiger partial charge on any atom is 0.299 e. The van der Waals surface area contributed by atoms with Crippen LogP contribution in [0.25, 0.3) is 5.69 Å². The molecule has 0 fully saturated rings. The fourth-order valence-corrected chi connectivity index (χ4v) is 2.02. The molecular weight excluding hydrogens is 424 g/mol. The number of nitrogens with zero attached hydrogens (tertiary/aromatic N) is 3. The van der Waals surface area contributed by atoms with Crippen LogP contribution in [0.15, 0.2) is 75.7 Å². The summed E-state index contributed by atoms with van der Waals surface area (Å²) in [5.74, 6) is 0. The van der Waals surface area contributed by atoms with Gasteiger partial charge in [0.1, 0.15) is 0 Å². The molecule has 0 aliphatic carbocycles. The molecule has 0 bridgehead atoms. The topological polar surface area (TPSA) is 88.8 Å². The lowest BCUT2D eigenvalue weighted by molar-refractivity contribution is 0.450. The summed E-state index contributed by atoms with van der Waals surface area (Å²) >= 11 is -1.07. The highest BCUT2D eigenvalue weighted by atomic mass is 32.2. The van der Waals surface area contributed by atoms with Crippen molar-refractivity contribution in [1.29, 1.82) is 0 Å². The highest BCUT2D eigenvalue weighted by Crippen LogP contribution is 2.18. The van der Waals surface area contributed by atoms with Crippen LogP contribution in [0.2, 0.25) is 0 Å². The number of aromatic nitrogens is 2. The number of aryl methyl sites for hydroxylation is 1. The van der Waals surface area contributed by atoms with E-state index in [0.29, 0.717) is 17.1 Å². The molecule has 0 saturated carbocycles. The lowest BCUT2D eigenvalue weighted by Gasteiger charge is -1.99. The second-order valence-corrected chi connectivity index (χ2v) is 6.30. The Morgan fingerprint density at radius 2 is 1.28 bits per heavy atom. The van der Waals surface area contributed by atoms with Crippen LogP contribution in [0.5, 0.6) is 0 Å². The van der Waals surface area contributed by atoms with Crippen molar-refractivity contribution in [2.24, 2.45) is 10.2 Å². The molecule has 1 unspecified atom stereocenters. The van der Waals surface area contributed by atoms with E-state index in [0.717, 1.165) is 5.69 Å². The third-order valence-corrected chi connectivity index (χ3v) is 3.78. The summed E-state index contributed by atoms with van der Waals surface area (Å²) < 4.78 is 15.4. The summed E-state index contributed by atoms with van der Waals surface area (Å²) in [7, 11) is 1.40. The lowest BCUT2D eigenvalue weighted by atomic mass is 10.3. The first-order valence-electron chi connectivity index (χ1n) is 10.7. The molecule has 7 nitrogen and oxygen atoms in total. The summed E-state index contributed by atoms with van der Waals surface area (Å²) in [4.78, 5) is 12.4. The van der Waals surface area contributed by atoms with Gasteiger partial charge >= 0.3 is 0 Å². The molecular formula is C24H38N4O3S. The average molecular weight is 463 g/mol. The molecule has 0 radical (unpaired) electrons. The zero-order valence-electron chi connectivity index (χ0n) is 20.7. The fourth-order valence-electron chi connectivity index (χ4n) is 2.02. The second-order valence-electron chi connectivity index (χ2n) is 5.17. The normalized spacial score (nSPS) is 10.2. The first-order valence-corrected chi connectivity index (χ1v) is 12.2. The molecule has 178 valence electrons. The molecule has 3 aromatic rings. The molecule has 32 heavy (non-hydrogen) atoms. The van der Waals surface area contributed by atoms with E-state index in [1.165, 1.54) is 18.0 Å². The van der Waals surface area contributed by atoms with Gasteiger partial charge in [0.2, 0.25) is 0 Å². The van der Waals surface area contributed by atoms with Crippen LogP contribution in [-0.2, 0) is 15.3 Å². The third kappa shape index (κ3) is 11.5. The molecule has 1 heterocycles. The van der Waals surface area contributed by atoms with E-state index < -0.39 is 11.1 Å². The van der Waals surface area contributed by atoms with Crippen LogP contribution in [0, 0.1) is 6.92 Å². The molecule has 1 N–H and O–H groups in total. The van der Waals surface area contributed by atoms with Crippen LogP contribution in [-0.4, -0.2) is 27.4 Å². The number of para-hydroxylation sites is 1. The molecule has 0 amide bonds. The van der Waals surface area contributed by atoms with E-state index in [2.05, 4.69) is 19.5 Å². The number of nitrogens with one attached hydrogen (secondary N) is 1. The quantitative estimate of drug-likeness (QED) is 0.428. The van der Waals surface area contributed by atoms with Gasteiger partial charge in [-0.25, -0.2) is 8.89 Å². The number of benzene rings is 2. The van der Waals surface area contributed by atoms with Crippen LogP contribution >= 0.6 is 0 Å². The summed E-state index contributed by atoms with van der Waals surface area (Å²) in [6.45, 7) is 13.8. The van der Waals surface area contributed by atoms with Gasteiger partial charge in [0.15, 0.2) is 16.8 Å². The van der Waals surface area contributed by atoms with E-state index in [-0.39, 0.29) is 5.56 Å². The molecule has 3 rings (SSSR count). The minimum atomic E-state index is -1.07. The van der Waals surface area contributed by atoms with Crippen molar-refractivity contribution in [3.8, 4) is 5.69 Å². The summed E-state index contributed by atoms with van der Waals surface area (Å²) in [5.41, 5.74) is 2.28. The van der Waals surface area contributed by atoms with E-state index >= 15 is 0 Å². The Kier molecular flexibility index (Phi) is 19.7. The van der Waals surface area contributed by atoms with Crippen molar-refractivity contribution in [3.63, 3.8) is 0 Å². The standard InChI is InChI=1S/C16H14N4O.C2H6O2S.3C2H6/c1-12-15(18-17-13-8-4-2-5-9-13)16(21)20(19-12)14-10-6-3-7-11-14;1-4-5(2)3;3*1-2/h2-11,19H,1H3;1-2H3;3*1-2H3. The van der Waals surface area contributed by atoms with Gasteiger partial charge in [-0.1, -0.05) is 77.9 Å². The second kappa shape index (κ2) is 20.1. The third-order valence-electron chi connectivity index (χ3n) is 3.31. The monoisotopic (exact) mass is 462 g/mol. The van der Waals surface area contributed by atoms with Crippen molar-refractivity contribution in [2.75, 3.05) is 13.4 Å². The van der Waals surface area contributed by atoms with Gasteiger partial charge in [-0.2, -0.15) is 5.11 Å². The zero-order chi connectivity index (χ0) is 24.9. The van der Waals surface area contributed by atoms with Gasteiger partial charge in [-0.3, -0.25) is 14.1 Å². The molecule has 2 aromatic carbocycles. The Bertz CT molecular complexity index is 937. The number of hydrogen-bond acceptors (Lipinski definition) is 5. The van der Waals surface area contributed by atoms with Crippen molar-refractivity contribution < 1.29 is 8.39 Å². The number of hydrogen-bond donors (Lipinski definition) is 1. The Hall–Kier alpha value is -2.84. The van der Waals surface area contributed by atoms with E-state index in [1.54, 1.807) is 6.92 Å². The zero-order valence-corrected chi connectivity index (χ0v) is 21.6. The first-order chi connectivity index (χ1) is 15.5. The van der Waals surface area contributed by atoms with Gasteiger partial charge in [-0.05, 0) is 31.2 Å². The predicted molar refractivity (Wildman–Crippen MR) is 137 cm³/mol. The van der Waals surface area contributed by atoms with E-state index in [4.69, 9.17) is 0 Å². The minimum Gasteiger partial charge on any atom is -0.294 e. The van der Waals surface area contributed by atoms with Crippen molar-refractivity contribution in [3.05, 3.63) is 76.7 Å². The maximum atomic E-state index is 12.4. The highest BCUT2D eigenvalue weighted by molar-refractivity contribution is 7.79. The summed E-state index contributed by atoms with van der Waals surface area (Å²) in [5, 5.41) is 11.2. The Morgan fingerprint density at radius 1 is 0.844 bits per heavy atom. The predicted octanol–water partition coefficient (Wildman–Crippen LogP) is 6.89. The van der Waals surface area contributed by atoms with Crippen molar-refractivity contribution in [2.45, 2.75) is 48.5 Å². The van der Waals surface area contributed by atoms with Gasteiger partial charge in [0, 0.05) is 6.26 Å². The number of azo groups is 1. The van der Waals surface area contributed by atoms with Crippen LogP contribution in [0.3, 0.4) is 0 Å². The van der Waals surface area contributed by atoms with Gasteiger partial charge in [-0.15, -0.1) is 5.11 Å². The first kappa shape index (κ1) is 31.3. The summed E-state index contributed by atoms with van der Waals surface area (Å²) in [6, 6.07) is 18.7. The molecule has 0 aliphatic heterocycles. The molecule has 1 atom stereocenters. The largest absolute Gasteiger partial charge is 0.299 e. The molecule has 0 aliphatic rings. The van der Waals surface area contributed by atoms with E-state index in [1.807, 2.05) is 102 Å². The fraction of sp³-hybridized carbons (Fsp3) is 0.375. The minimum absolute atomic E-state index is 0.210. The van der Waals surface area contributed by atoms with Gasteiger partial charge < -0.3 is 0 Å². The smallest absolute Gasteiger partial charge is 0.294 e. The number of H-pyrrole nitrogens is 1. The molecule has 0 saturated heterocycles. The Morgan fingerprint density at radius 3 is 1.72 bits per heavy atom. The number of aromatic amines is 1. The Balaban J connectivity index is 0. The molecule has 0 spiro atoms. The molecule has 1 aromatic heterocycles. The lowest BCUT2D eigenvalue weighted by Crippen LogP contribution is -2.13. The molecule has 8 heteroatoms. The van der Waals surface area contributed by atoms with Gasteiger partial charge in [0.05, 0.1) is 24.2 Å². The van der Waals surface area contributed by atoms with Crippen LogP contribution in [0.1, 0.15) is 47.2 Å². The highest BCUT2D eigenvalue weighted by Gasteiger charge is 2.11. The summed E-state index contributed by atoms with van der Waals surface area (Å²) in [6.07, 6.45) is 1.47. The van der Waals surface area contributed by atoms with Crippen LogP contribution in [0.4, 0.5) is 11.4 Å². The SMILES string of the molecule is CC.CC.CC.COS(C)=O.Cc1[nH]n(-c2ccccc2)c(=O)c1N=Nc1ccccc1. The van der Waals surface area contributed by atoms with Gasteiger partial charge in [0.25, 0.3) is 5.56 Å². The van der Waals surface area contributed by atoms with Crippen molar-refractivity contribution >= 4 is 22.5 Å². The number of rotatable bonds is 4. The Labute approximate surface area is 195 Å². The average Bonchev–Trinajstić information content (AvgIpc) is 3.16. The maximum absolute atomic E-state index is 12.4. The van der Waals surface area contributed by atoms with E-state index in [9.17, 15) is 9.00 Å².